The van der Waals surface area contributed by atoms with Crippen LogP contribution in [0.3, 0.4) is 0 Å². The van der Waals surface area contributed by atoms with Crippen LogP contribution < -0.4 is 10.6 Å². The molecule has 0 aliphatic heterocycles. The molecule has 0 radical (unpaired) electrons. The zero-order valence-corrected chi connectivity index (χ0v) is 16.7. The van der Waals surface area contributed by atoms with Crippen LogP contribution in [0.15, 0.2) is 36.5 Å². The van der Waals surface area contributed by atoms with E-state index in [9.17, 15) is 9.59 Å². The third-order valence-electron chi connectivity index (χ3n) is 4.42. The van der Waals surface area contributed by atoms with E-state index in [4.69, 9.17) is 0 Å². The molecule has 27 heavy (non-hydrogen) atoms. The van der Waals surface area contributed by atoms with E-state index in [-0.39, 0.29) is 30.9 Å². The predicted molar refractivity (Wildman–Crippen MR) is 108 cm³/mol. The maximum absolute atomic E-state index is 12.3. The van der Waals surface area contributed by atoms with Gasteiger partial charge in [0, 0.05) is 6.20 Å². The molecule has 2 aromatic rings. The summed E-state index contributed by atoms with van der Waals surface area (Å²) in [5, 5.41) is 5.72. The van der Waals surface area contributed by atoms with Gasteiger partial charge in [-0.3, -0.25) is 14.5 Å². The Morgan fingerprint density at radius 1 is 1.04 bits per heavy atom. The predicted octanol–water partition coefficient (Wildman–Crippen LogP) is 2.75. The van der Waals surface area contributed by atoms with Crippen LogP contribution in [0, 0.1) is 20.8 Å². The first-order valence-corrected chi connectivity index (χ1v) is 9.02. The van der Waals surface area contributed by atoms with Gasteiger partial charge >= 0.3 is 0 Å². The number of carbonyl (C=O) groups is 2. The first-order chi connectivity index (χ1) is 12.7. The summed E-state index contributed by atoms with van der Waals surface area (Å²) in [6.07, 6.45) is 1.65. The van der Waals surface area contributed by atoms with E-state index in [1.807, 2.05) is 26.0 Å². The van der Waals surface area contributed by atoms with Crippen molar-refractivity contribution in [1.29, 1.82) is 0 Å². The van der Waals surface area contributed by atoms with E-state index in [1.165, 1.54) is 11.1 Å². The number of hydrogen-bond donors (Lipinski definition) is 2. The van der Waals surface area contributed by atoms with E-state index < -0.39 is 0 Å². The van der Waals surface area contributed by atoms with Gasteiger partial charge in [0.15, 0.2) is 0 Å². The SMILES string of the molecule is Cc1ccnc(NC(=O)CN(C)CC(=O)NC(C)c2ccc(C)c(C)c2)c1. The molecule has 6 heteroatoms. The maximum Gasteiger partial charge on any atom is 0.239 e. The fraction of sp³-hybridized carbons (Fsp3) is 0.381. The van der Waals surface area contributed by atoms with Crippen molar-refractivity contribution in [3.05, 3.63) is 58.8 Å². The second-order valence-corrected chi connectivity index (χ2v) is 7.07. The lowest BCUT2D eigenvalue weighted by Gasteiger charge is -2.19. The van der Waals surface area contributed by atoms with Gasteiger partial charge in [-0.25, -0.2) is 4.98 Å². The largest absolute Gasteiger partial charge is 0.348 e. The molecule has 2 amide bonds. The normalized spacial score (nSPS) is 11.9. The highest BCUT2D eigenvalue weighted by Gasteiger charge is 2.14. The summed E-state index contributed by atoms with van der Waals surface area (Å²) in [6.45, 7) is 8.27. The van der Waals surface area contributed by atoms with Crippen molar-refractivity contribution >= 4 is 17.6 Å². The van der Waals surface area contributed by atoms with Crippen molar-refractivity contribution in [2.75, 3.05) is 25.5 Å². The van der Waals surface area contributed by atoms with Gasteiger partial charge in [-0.05, 0) is 69.1 Å². The second-order valence-electron chi connectivity index (χ2n) is 7.07. The first-order valence-electron chi connectivity index (χ1n) is 9.02. The Morgan fingerprint density at radius 3 is 2.41 bits per heavy atom. The standard InChI is InChI=1S/C21H28N4O2/c1-14-8-9-22-19(10-14)24-21(27)13-25(5)12-20(26)23-17(4)18-7-6-15(2)16(3)11-18/h6-11,17H,12-13H2,1-5H3,(H,23,26)(H,22,24,27). The molecule has 1 aromatic carbocycles. The van der Waals surface area contributed by atoms with Crippen molar-refractivity contribution in [1.82, 2.24) is 15.2 Å². The van der Waals surface area contributed by atoms with E-state index in [1.54, 1.807) is 24.2 Å². The molecular formula is C21H28N4O2. The van der Waals surface area contributed by atoms with Crippen LogP contribution in [0.5, 0.6) is 0 Å². The van der Waals surface area contributed by atoms with Crippen LogP contribution in [-0.2, 0) is 9.59 Å². The van der Waals surface area contributed by atoms with Crippen LogP contribution in [0.1, 0.15) is 35.2 Å². The highest BCUT2D eigenvalue weighted by Crippen LogP contribution is 2.16. The molecule has 144 valence electrons. The van der Waals surface area contributed by atoms with Gasteiger partial charge in [0.2, 0.25) is 11.8 Å². The van der Waals surface area contributed by atoms with Gasteiger partial charge in [0.05, 0.1) is 19.1 Å². The Morgan fingerprint density at radius 2 is 1.74 bits per heavy atom. The van der Waals surface area contributed by atoms with Crippen LogP contribution in [0.25, 0.3) is 0 Å². The van der Waals surface area contributed by atoms with Crippen molar-refractivity contribution in [3.63, 3.8) is 0 Å². The summed E-state index contributed by atoms with van der Waals surface area (Å²) in [5.41, 5.74) is 4.52. The van der Waals surface area contributed by atoms with Crippen molar-refractivity contribution in [2.45, 2.75) is 33.7 Å². The number of anilines is 1. The monoisotopic (exact) mass is 368 g/mol. The molecule has 0 aliphatic carbocycles. The summed E-state index contributed by atoms with van der Waals surface area (Å²) in [5.74, 6) is 0.191. The number of hydrogen-bond acceptors (Lipinski definition) is 4. The molecule has 1 heterocycles. The number of aromatic nitrogens is 1. The minimum Gasteiger partial charge on any atom is -0.348 e. The molecule has 0 aliphatic rings. The molecule has 6 nitrogen and oxygen atoms in total. The van der Waals surface area contributed by atoms with Crippen LogP contribution in [0.2, 0.25) is 0 Å². The molecule has 2 rings (SSSR count). The van der Waals surface area contributed by atoms with E-state index >= 15 is 0 Å². The molecule has 1 unspecified atom stereocenters. The number of pyridine rings is 1. The van der Waals surface area contributed by atoms with E-state index in [0.717, 1.165) is 11.1 Å². The first kappa shape index (κ1) is 20.6. The summed E-state index contributed by atoms with van der Waals surface area (Å²) in [7, 11) is 1.74. The number of likely N-dealkylation sites (N-methyl/N-ethyl adjacent to an activating group) is 1. The number of amides is 2. The van der Waals surface area contributed by atoms with Crippen molar-refractivity contribution < 1.29 is 9.59 Å². The molecule has 0 fully saturated rings. The lowest BCUT2D eigenvalue weighted by molar-refractivity contribution is -0.123. The summed E-state index contributed by atoms with van der Waals surface area (Å²) >= 11 is 0. The number of nitrogens with zero attached hydrogens (tertiary/aromatic N) is 2. The quantitative estimate of drug-likeness (QED) is 0.788. The average Bonchev–Trinajstić information content (AvgIpc) is 2.56. The molecule has 1 atom stereocenters. The third-order valence-corrected chi connectivity index (χ3v) is 4.42. The fourth-order valence-electron chi connectivity index (χ4n) is 2.74. The third kappa shape index (κ3) is 6.49. The lowest BCUT2D eigenvalue weighted by Crippen LogP contribution is -2.39. The fourth-order valence-corrected chi connectivity index (χ4v) is 2.74. The van der Waals surface area contributed by atoms with E-state index in [2.05, 4.69) is 41.6 Å². The molecule has 0 saturated carbocycles. The number of benzene rings is 1. The molecule has 0 bridgehead atoms. The highest BCUT2D eigenvalue weighted by atomic mass is 16.2. The summed E-state index contributed by atoms with van der Waals surface area (Å²) in [4.78, 5) is 30.2. The number of nitrogens with one attached hydrogen (secondary N) is 2. The highest BCUT2D eigenvalue weighted by molar-refractivity contribution is 5.91. The Labute approximate surface area is 161 Å². The minimum absolute atomic E-state index is 0.0875. The molecule has 0 spiro atoms. The Balaban J connectivity index is 1.82. The zero-order valence-electron chi connectivity index (χ0n) is 16.7. The topological polar surface area (TPSA) is 74.3 Å². The van der Waals surface area contributed by atoms with Gasteiger partial charge in [0.1, 0.15) is 5.82 Å². The van der Waals surface area contributed by atoms with Crippen molar-refractivity contribution in [3.8, 4) is 0 Å². The summed E-state index contributed by atoms with van der Waals surface area (Å²) in [6, 6.07) is 9.75. The maximum atomic E-state index is 12.3. The Hall–Kier alpha value is -2.73. The zero-order chi connectivity index (χ0) is 20.0. The average molecular weight is 368 g/mol. The van der Waals surface area contributed by atoms with Crippen molar-refractivity contribution in [2.24, 2.45) is 0 Å². The van der Waals surface area contributed by atoms with Gasteiger partial charge in [-0.1, -0.05) is 18.2 Å². The smallest absolute Gasteiger partial charge is 0.239 e. The van der Waals surface area contributed by atoms with Gasteiger partial charge in [0.25, 0.3) is 0 Å². The van der Waals surface area contributed by atoms with Crippen LogP contribution in [-0.4, -0.2) is 41.8 Å². The van der Waals surface area contributed by atoms with E-state index in [0.29, 0.717) is 5.82 Å². The Kier molecular flexibility index (Phi) is 7.07. The summed E-state index contributed by atoms with van der Waals surface area (Å²) < 4.78 is 0. The Bertz CT molecular complexity index is 820. The number of aryl methyl sites for hydroxylation is 3. The minimum atomic E-state index is -0.203. The number of carbonyl (C=O) groups excluding carboxylic acids is 2. The van der Waals surface area contributed by atoms with Gasteiger partial charge in [-0.15, -0.1) is 0 Å². The molecule has 1 aromatic heterocycles. The molecule has 0 saturated heterocycles. The molecular weight excluding hydrogens is 340 g/mol. The number of rotatable bonds is 7. The van der Waals surface area contributed by atoms with Crippen LogP contribution in [0.4, 0.5) is 5.82 Å². The molecule has 2 N–H and O–H groups in total. The van der Waals surface area contributed by atoms with Gasteiger partial charge in [-0.2, -0.15) is 0 Å². The van der Waals surface area contributed by atoms with Crippen LogP contribution >= 0.6 is 0 Å². The lowest BCUT2D eigenvalue weighted by atomic mass is 10.0. The van der Waals surface area contributed by atoms with Gasteiger partial charge < -0.3 is 10.6 Å². The second kappa shape index (κ2) is 9.28.